The number of hydrogen-bond acceptors (Lipinski definition) is 3. The van der Waals surface area contributed by atoms with Gasteiger partial charge < -0.3 is 15.2 Å². The first-order valence-electron chi connectivity index (χ1n) is 8.48. The van der Waals surface area contributed by atoms with Crippen LogP contribution < -0.4 is 10.1 Å². The molecule has 0 radical (unpaired) electrons. The summed E-state index contributed by atoms with van der Waals surface area (Å²) in [6.07, 6.45) is 2.40. The predicted octanol–water partition coefficient (Wildman–Crippen LogP) is 4.04. The van der Waals surface area contributed by atoms with Gasteiger partial charge in [-0.25, -0.2) is 4.79 Å². The molecule has 1 heterocycles. The van der Waals surface area contributed by atoms with Crippen LogP contribution in [0.5, 0.6) is 5.75 Å². The maximum absolute atomic E-state index is 12.1. The van der Waals surface area contributed by atoms with Crippen LogP contribution in [-0.4, -0.2) is 23.6 Å². The van der Waals surface area contributed by atoms with Crippen molar-refractivity contribution in [2.45, 2.75) is 32.1 Å². The molecule has 0 spiro atoms. The van der Waals surface area contributed by atoms with Gasteiger partial charge in [-0.15, -0.1) is 0 Å². The first kappa shape index (κ1) is 17.0. The van der Waals surface area contributed by atoms with Gasteiger partial charge in [0.25, 0.3) is 0 Å². The van der Waals surface area contributed by atoms with Crippen molar-refractivity contribution in [2.75, 3.05) is 11.9 Å². The molecule has 25 heavy (non-hydrogen) atoms. The average Bonchev–Trinajstić information content (AvgIpc) is 2.61. The number of unbranched alkanes of at least 4 members (excludes halogenated alkanes) is 1. The third-order valence-electron chi connectivity index (χ3n) is 4.39. The summed E-state index contributed by atoms with van der Waals surface area (Å²) in [6, 6.07) is 12.5. The van der Waals surface area contributed by atoms with E-state index >= 15 is 0 Å². The summed E-state index contributed by atoms with van der Waals surface area (Å²) in [5.74, 6) is -0.349. The van der Waals surface area contributed by atoms with Crippen molar-refractivity contribution in [3.63, 3.8) is 0 Å². The number of amides is 1. The van der Waals surface area contributed by atoms with E-state index in [1.807, 2.05) is 18.2 Å². The highest BCUT2D eigenvalue weighted by molar-refractivity contribution is 5.95. The minimum atomic E-state index is -0.956. The molecule has 1 aliphatic heterocycles. The van der Waals surface area contributed by atoms with E-state index in [9.17, 15) is 9.59 Å². The molecule has 0 aromatic heterocycles. The van der Waals surface area contributed by atoms with Gasteiger partial charge in [0.2, 0.25) is 5.91 Å². The van der Waals surface area contributed by atoms with Crippen LogP contribution in [0.15, 0.2) is 42.5 Å². The zero-order valence-electron chi connectivity index (χ0n) is 14.1. The lowest BCUT2D eigenvalue weighted by molar-refractivity contribution is -0.116. The van der Waals surface area contributed by atoms with Gasteiger partial charge in [0.15, 0.2) is 0 Å². The molecule has 0 aliphatic carbocycles. The molecular formula is C20H21NO4. The minimum Gasteiger partial charge on any atom is -0.494 e. The lowest BCUT2D eigenvalue weighted by Crippen LogP contribution is -2.23. The number of carboxylic acids is 1. The molecule has 5 nitrogen and oxygen atoms in total. The Morgan fingerprint density at radius 2 is 2.00 bits per heavy atom. The van der Waals surface area contributed by atoms with Gasteiger partial charge >= 0.3 is 5.97 Å². The van der Waals surface area contributed by atoms with E-state index in [-0.39, 0.29) is 17.4 Å². The molecule has 0 saturated heterocycles. The van der Waals surface area contributed by atoms with Crippen LogP contribution in [0.4, 0.5) is 5.69 Å². The number of nitrogens with one attached hydrogen (secondary N) is 1. The Labute approximate surface area is 146 Å². The van der Waals surface area contributed by atoms with Crippen LogP contribution in [0, 0.1) is 0 Å². The molecule has 5 heteroatoms. The quantitative estimate of drug-likeness (QED) is 0.779. The summed E-state index contributed by atoms with van der Waals surface area (Å²) in [7, 11) is 0. The standard InChI is InChI=1S/C20H21NO4/c1-2-3-10-25-15-8-9-16-17(12-19(22)21-18(16)11-15)13-4-6-14(7-5-13)20(23)24/h4-9,11,17H,2-3,10,12H2,1H3,(H,21,22)(H,23,24)/t17-/m1/s1. The second-order valence-electron chi connectivity index (χ2n) is 6.18. The zero-order chi connectivity index (χ0) is 17.8. The number of fused-ring (bicyclic) bond motifs is 1. The van der Waals surface area contributed by atoms with Crippen LogP contribution in [0.1, 0.15) is 53.6 Å². The highest BCUT2D eigenvalue weighted by Gasteiger charge is 2.27. The summed E-state index contributed by atoms with van der Waals surface area (Å²) >= 11 is 0. The third kappa shape index (κ3) is 3.82. The summed E-state index contributed by atoms with van der Waals surface area (Å²) in [6.45, 7) is 2.76. The Morgan fingerprint density at radius 3 is 2.68 bits per heavy atom. The summed E-state index contributed by atoms with van der Waals surface area (Å²) in [4.78, 5) is 23.1. The first-order chi connectivity index (χ1) is 12.1. The van der Waals surface area contributed by atoms with Gasteiger partial charge in [-0.2, -0.15) is 0 Å². The van der Waals surface area contributed by atoms with Crippen molar-refractivity contribution in [1.29, 1.82) is 0 Å². The van der Waals surface area contributed by atoms with E-state index in [1.54, 1.807) is 24.3 Å². The molecule has 3 rings (SSSR count). The maximum Gasteiger partial charge on any atom is 0.335 e. The molecule has 1 atom stereocenters. The van der Waals surface area contributed by atoms with Gasteiger partial charge in [0.1, 0.15) is 5.75 Å². The molecule has 2 aromatic carbocycles. The molecular weight excluding hydrogens is 318 g/mol. The second-order valence-corrected chi connectivity index (χ2v) is 6.18. The maximum atomic E-state index is 12.1. The van der Waals surface area contributed by atoms with Gasteiger partial charge in [-0.3, -0.25) is 4.79 Å². The Balaban J connectivity index is 1.88. The smallest absolute Gasteiger partial charge is 0.335 e. The average molecular weight is 339 g/mol. The van der Waals surface area contributed by atoms with E-state index in [4.69, 9.17) is 9.84 Å². The Bertz CT molecular complexity index is 783. The van der Waals surface area contributed by atoms with Crippen LogP contribution in [0.3, 0.4) is 0 Å². The van der Waals surface area contributed by atoms with Gasteiger partial charge in [-0.05, 0) is 35.7 Å². The predicted molar refractivity (Wildman–Crippen MR) is 95.3 cm³/mol. The SMILES string of the molecule is CCCCOc1ccc2c(c1)NC(=O)C[C@@H]2c1ccc(C(=O)O)cc1. The molecule has 130 valence electrons. The van der Waals surface area contributed by atoms with E-state index in [1.165, 1.54) is 0 Å². The molecule has 2 aromatic rings. The lowest BCUT2D eigenvalue weighted by atomic mass is 9.84. The number of hydrogen-bond donors (Lipinski definition) is 2. The van der Waals surface area contributed by atoms with Gasteiger partial charge in [0.05, 0.1) is 12.2 Å². The fourth-order valence-corrected chi connectivity index (χ4v) is 3.02. The van der Waals surface area contributed by atoms with Crippen LogP contribution in [0.25, 0.3) is 0 Å². The number of carbonyl (C=O) groups excluding carboxylic acids is 1. The monoisotopic (exact) mass is 339 g/mol. The Morgan fingerprint density at radius 1 is 1.24 bits per heavy atom. The van der Waals surface area contributed by atoms with Crippen LogP contribution in [-0.2, 0) is 4.79 Å². The molecule has 2 N–H and O–H groups in total. The van der Waals surface area contributed by atoms with Crippen molar-refractivity contribution in [2.24, 2.45) is 0 Å². The number of carboxylic acid groups (broad SMARTS) is 1. The number of carbonyl (C=O) groups is 2. The summed E-state index contributed by atoms with van der Waals surface area (Å²) < 4.78 is 5.71. The Kier molecular flexibility index (Phi) is 5.03. The second kappa shape index (κ2) is 7.38. The van der Waals surface area contributed by atoms with Gasteiger partial charge in [0, 0.05) is 24.1 Å². The fourth-order valence-electron chi connectivity index (χ4n) is 3.02. The molecule has 0 unspecified atom stereocenters. The fraction of sp³-hybridized carbons (Fsp3) is 0.300. The Hall–Kier alpha value is -2.82. The number of rotatable bonds is 6. The minimum absolute atomic E-state index is 0.0504. The third-order valence-corrected chi connectivity index (χ3v) is 4.39. The number of aromatic carboxylic acids is 1. The van der Waals surface area contributed by atoms with E-state index in [0.29, 0.717) is 13.0 Å². The summed E-state index contributed by atoms with van der Waals surface area (Å²) in [5, 5.41) is 11.9. The molecule has 1 aliphatic rings. The number of benzene rings is 2. The van der Waals surface area contributed by atoms with Crippen molar-refractivity contribution in [3.8, 4) is 5.75 Å². The highest BCUT2D eigenvalue weighted by Crippen LogP contribution is 2.38. The van der Waals surface area contributed by atoms with Crippen LogP contribution in [0.2, 0.25) is 0 Å². The molecule has 0 bridgehead atoms. The van der Waals surface area contributed by atoms with E-state index in [2.05, 4.69) is 12.2 Å². The van der Waals surface area contributed by atoms with Gasteiger partial charge in [-0.1, -0.05) is 31.5 Å². The largest absolute Gasteiger partial charge is 0.494 e. The highest BCUT2D eigenvalue weighted by atomic mass is 16.5. The van der Waals surface area contributed by atoms with E-state index < -0.39 is 5.97 Å². The van der Waals surface area contributed by atoms with Crippen molar-refractivity contribution >= 4 is 17.6 Å². The number of anilines is 1. The molecule has 0 saturated carbocycles. The normalized spacial score (nSPS) is 16.0. The summed E-state index contributed by atoms with van der Waals surface area (Å²) in [5.41, 5.74) is 2.95. The zero-order valence-corrected chi connectivity index (χ0v) is 14.1. The lowest BCUT2D eigenvalue weighted by Gasteiger charge is -2.26. The van der Waals surface area contributed by atoms with Crippen molar-refractivity contribution in [3.05, 3.63) is 59.2 Å². The topological polar surface area (TPSA) is 75.6 Å². The van der Waals surface area contributed by atoms with Crippen molar-refractivity contribution in [1.82, 2.24) is 0 Å². The molecule has 0 fully saturated rings. The van der Waals surface area contributed by atoms with E-state index in [0.717, 1.165) is 35.4 Å². The number of ether oxygens (including phenoxy) is 1. The van der Waals surface area contributed by atoms with Crippen molar-refractivity contribution < 1.29 is 19.4 Å². The van der Waals surface area contributed by atoms with Crippen LogP contribution >= 0.6 is 0 Å². The first-order valence-corrected chi connectivity index (χ1v) is 8.48. The molecule has 1 amide bonds.